The van der Waals surface area contributed by atoms with Crippen LogP contribution in [0.3, 0.4) is 0 Å². The van der Waals surface area contributed by atoms with E-state index >= 15 is 0 Å². The minimum absolute atomic E-state index is 0.0374. The lowest BCUT2D eigenvalue weighted by molar-refractivity contribution is -0.146. The van der Waals surface area contributed by atoms with Gasteiger partial charge in [0.1, 0.15) is 5.75 Å². The molecule has 1 aliphatic carbocycles. The number of ether oxygens (including phenoxy) is 2. The number of esters is 1. The second-order valence-corrected chi connectivity index (χ2v) is 9.93. The Labute approximate surface area is 186 Å². The number of benzene rings is 1. The van der Waals surface area contributed by atoms with Crippen LogP contribution in [0.25, 0.3) is 0 Å². The molecule has 0 unspecified atom stereocenters. The van der Waals surface area contributed by atoms with E-state index in [9.17, 15) is 9.59 Å². The van der Waals surface area contributed by atoms with E-state index < -0.39 is 0 Å². The van der Waals surface area contributed by atoms with Gasteiger partial charge < -0.3 is 19.7 Å². The molecule has 1 N–H and O–H groups in total. The number of piperidine rings is 3. The van der Waals surface area contributed by atoms with Crippen molar-refractivity contribution in [1.82, 2.24) is 10.2 Å². The summed E-state index contributed by atoms with van der Waals surface area (Å²) in [7, 11) is 1.43. The molecule has 3 heterocycles. The summed E-state index contributed by atoms with van der Waals surface area (Å²) in [5, 5.41) is 3.11. The van der Waals surface area contributed by atoms with Gasteiger partial charge in [-0.2, -0.15) is 0 Å². The van der Waals surface area contributed by atoms with Crippen molar-refractivity contribution in [1.29, 1.82) is 0 Å². The van der Waals surface area contributed by atoms with E-state index in [2.05, 4.69) is 26.1 Å². The molecule has 0 spiro atoms. The lowest BCUT2D eigenvalue weighted by Crippen LogP contribution is -2.50. The summed E-state index contributed by atoms with van der Waals surface area (Å²) in [6.07, 6.45) is 6.75. The first-order chi connectivity index (χ1) is 14.5. The fourth-order valence-electron chi connectivity index (χ4n) is 5.01. The monoisotopic (exact) mass is 478 g/mol. The summed E-state index contributed by atoms with van der Waals surface area (Å²) < 4.78 is 11.8. The van der Waals surface area contributed by atoms with Gasteiger partial charge in [0.25, 0.3) is 5.91 Å². The fraction of sp³-hybridized carbons (Fsp3) is 0.652. The first kappa shape index (κ1) is 21.6. The SMILES string of the molecule is COC(=O)C1CCC(NC(=O)c2ccc(OCC34CCN(CC3)CC4)c(Br)c2)CC1. The number of carbonyl (C=O) groups is 2. The van der Waals surface area contributed by atoms with E-state index in [1.54, 1.807) is 0 Å². The molecule has 4 fully saturated rings. The topological polar surface area (TPSA) is 67.9 Å². The van der Waals surface area contributed by atoms with Crippen molar-refractivity contribution in [3.8, 4) is 5.75 Å². The highest BCUT2D eigenvalue weighted by molar-refractivity contribution is 9.10. The maximum atomic E-state index is 12.7. The molecule has 4 aliphatic rings. The molecule has 5 rings (SSSR count). The Morgan fingerprint density at radius 1 is 1.13 bits per heavy atom. The molecule has 164 valence electrons. The molecule has 1 saturated carbocycles. The Bertz CT molecular complexity index is 770. The number of hydrogen-bond acceptors (Lipinski definition) is 5. The maximum absolute atomic E-state index is 12.7. The average Bonchev–Trinajstić information content (AvgIpc) is 2.79. The van der Waals surface area contributed by atoms with E-state index in [-0.39, 0.29) is 23.8 Å². The molecule has 1 amide bonds. The third-order valence-corrected chi connectivity index (χ3v) is 7.82. The summed E-state index contributed by atoms with van der Waals surface area (Å²) in [5.74, 6) is 0.539. The molecule has 0 aromatic heterocycles. The molecule has 3 saturated heterocycles. The van der Waals surface area contributed by atoms with Crippen molar-refractivity contribution >= 4 is 27.8 Å². The number of methoxy groups -OCH3 is 1. The zero-order valence-corrected chi connectivity index (χ0v) is 19.2. The number of carbonyl (C=O) groups excluding carboxylic acids is 2. The van der Waals surface area contributed by atoms with Crippen molar-refractivity contribution in [2.75, 3.05) is 33.4 Å². The zero-order chi connectivity index (χ0) is 21.1. The standard InChI is InChI=1S/C23H31BrN2O4/c1-29-22(28)16-2-5-18(6-3-16)25-21(27)17-4-7-20(19(24)14-17)30-15-23-8-11-26(12-9-23)13-10-23/h4,7,14,16,18H,2-3,5-6,8-13,15H2,1H3,(H,25,27). The molecule has 1 aromatic carbocycles. The molecular formula is C23H31BrN2O4. The number of nitrogens with one attached hydrogen (secondary N) is 1. The molecule has 3 aliphatic heterocycles. The molecule has 2 bridgehead atoms. The van der Waals surface area contributed by atoms with E-state index in [1.807, 2.05) is 18.2 Å². The Morgan fingerprint density at radius 3 is 2.40 bits per heavy atom. The van der Waals surface area contributed by atoms with Crippen LogP contribution < -0.4 is 10.1 Å². The number of nitrogens with zero attached hydrogens (tertiary/aromatic N) is 1. The third-order valence-electron chi connectivity index (χ3n) is 7.20. The summed E-state index contributed by atoms with van der Waals surface area (Å²) in [5.41, 5.74) is 0.932. The first-order valence-corrected chi connectivity index (χ1v) is 11.8. The molecule has 0 radical (unpaired) electrons. The van der Waals surface area contributed by atoms with Gasteiger partial charge in [0.05, 0.1) is 24.1 Å². The predicted octanol–water partition coefficient (Wildman–Crippen LogP) is 3.78. The summed E-state index contributed by atoms with van der Waals surface area (Å²) in [4.78, 5) is 26.9. The van der Waals surface area contributed by atoms with Crippen molar-refractivity contribution in [3.05, 3.63) is 28.2 Å². The van der Waals surface area contributed by atoms with E-state index in [0.717, 1.165) is 42.5 Å². The van der Waals surface area contributed by atoms with Crippen molar-refractivity contribution in [2.24, 2.45) is 11.3 Å². The van der Waals surface area contributed by atoms with Gasteiger partial charge >= 0.3 is 5.97 Å². The van der Waals surface area contributed by atoms with E-state index in [0.29, 0.717) is 11.0 Å². The van der Waals surface area contributed by atoms with Crippen LogP contribution in [-0.2, 0) is 9.53 Å². The largest absolute Gasteiger partial charge is 0.492 e. The number of fused-ring (bicyclic) bond motifs is 3. The second-order valence-electron chi connectivity index (χ2n) is 9.07. The molecule has 1 aromatic rings. The molecule has 30 heavy (non-hydrogen) atoms. The highest BCUT2D eigenvalue weighted by atomic mass is 79.9. The van der Waals surface area contributed by atoms with Gasteiger partial charge in [-0.05, 0) is 98.7 Å². The maximum Gasteiger partial charge on any atom is 0.308 e. The van der Waals surface area contributed by atoms with Crippen molar-refractivity contribution < 1.29 is 19.1 Å². The lowest BCUT2D eigenvalue weighted by Gasteiger charge is -2.48. The van der Waals surface area contributed by atoms with Crippen LogP contribution in [0.4, 0.5) is 0 Å². The smallest absolute Gasteiger partial charge is 0.308 e. The lowest BCUT2D eigenvalue weighted by atomic mass is 9.73. The molecule has 7 heteroatoms. The van der Waals surface area contributed by atoms with Crippen molar-refractivity contribution in [2.45, 2.75) is 51.0 Å². The van der Waals surface area contributed by atoms with Crippen LogP contribution in [0.15, 0.2) is 22.7 Å². The quantitative estimate of drug-likeness (QED) is 0.630. The van der Waals surface area contributed by atoms with Gasteiger partial charge in [-0.15, -0.1) is 0 Å². The Morgan fingerprint density at radius 2 is 1.80 bits per heavy atom. The molecular weight excluding hydrogens is 448 g/mol. The highest BCUT2D eigenvalue weighted by Gasteiger charge is 2.40. The van der Waals surface area contributed by atoms with Gasteiger partial charge in [-0.3, -0.25) is 9.59 Å². The second kappa shape index (κ2) is 9.27. The predicted molar refractivity (Wildman–Crippen MR) is 118 cm³/mol. The Hall–Kier alpha value is -1.60. The fourth-order valence-corrected chi connectivity index (χ4v) is 5.50. The van der Waals surface area contributed by atoms with Crippen LogP contribution >= 0.6 is 15.9 Å². The van der Waals surface area contributed by atoms with Crippen molar-refractivity contribution in [3.63, 3.8) is 0 Å². The van der Waals surface area contributed by atoms with Gasteiger partial charge in [0.15, 0.2) is 0 Å². The Balaban J connectivity index is 1.29. The van der Waals surface area contributed by atoms with Crippen LogP contribution in [0.5, 0.6) is 5.75 Å². The summed E-state index contributed by atoms with van der Waals surface area (Å²) in [6, 6.07) is 5.66. The zero-order valence-electron chi connectivity index (χ0n) is 17.6. The van der Waals surface area contributed by atoms with E-state index in [1.165, 1.54) is 46.0 Å². The average molecular weight is 479 g/mol. The minimum atomic E-state index is -0.141. The Kier molecular flexibility index (Phi) is 6.68. The number of hydrogen-bond donors (Lipinski definition) is 1. The van der Waals surface area contributed by atoms with Gasteiger partial charge in [0, 0.05) is 17.0 Å². The van der Waals surface area contributed by atoms with Gasteiger partial charge in [-0.1, -0.05) is 0 Å². The number of halogens is 1. The highest BCUT2D eigenvalue weighted by Crippen LogP contribution is 2.41. The van der Waals surface area contributed by atoms with E-state index in [4.69, 9.17) is 9.47 Å². The van der Waals surface area contributed by atoms with Crippen LogP contribution in [0.2, 0.25) is 0 Å². The van der Waals surface area contributed by atoms with Crippen LogP contribution in [0.1, 0.15) is 55.3 Å². The number of amides is 1. The minimum Gasteiger partial charge on any atom is -0.492 e. The van der Waals surface area contributed by atoms with Gasteiger partial charge in [-0.25, -0.2) is 0 Å². The third kappa shape index (κ3) is 4.83. The molecule has 6 nitrogen and oxygen atoms in total. The van der Waals surface area contributed by atoms with Gasteiger partial charge in [0.2, 0.25) is 0 Å². The normalized spacial score (nSPS) is 30.5. The van der Waals surface area contributed by atoms with Crippen LogP contribution in [-0.4, -0.2) is 56.2 Å². The molecule has 0 atom stereocenters. The summed E-state index contributed by atoms with van der Waals surface area (Å²) >= 11 is 3.58. The summed E-state index contributed by atoms with van der Waals surface area (Å²) in [6.45, 7) is 4.30. The van der Waals surface area contributed by atoms with Crippen LogP contribution in [0, 0.1) is 11.3 Å². The first-order valence-electron chi connectivity index (χ1n) is 11.0. The number of rotatable bonds is 6.